The van der Waals surface area contributed by atoms with Gasteiger partial charge in [0.1, 0.15) is 10.8 Å². The fraction of sp³-hybridized carbons (Fsp3) is 0.312. The van der Waals surface area contributed by atoms with Gasteiger partial charge in [-0.05, 0) is 26.0 Å². The first-order chi connectivity index (χ1) is 11.8. The zero-order valence-electron chi connectivity index (χ0n) is 14.0. The molecule has 1 heterocycles. The lowest BCUT2D eigenvalue weighted by Crippen LogP contribution is -2.25. The summed E-state index contributed by atoms with van der Waals surface area (Å²) in [7, 11) is 3.02. The third-order valence-electron chi connectivity index (χ3n) is 3.36. The van der Waals surface area contributed by atoms with Crippen molar-refractivity contribution >= 4 is 47.2 Å². The van der Waals surface area contributed by atoms with Gasteiger partial charge in [0.25, 0.3) is 0 Å². The first kappa shape index (κ1) is 19.6. The second-order valence-electron chi connectivity index (χ2n) is 5.14. The lowest BCUT2D eigenvalue weighted by atomic mass is 10.3. The summed E-state index contributed by atoms with van der Waals surface area (Å²) in [6, 6.07) is 3.14. The van der Waals surface area contributed by atoms with E-state index in [-0.39, 0.29) is 10.8 Å². The maximum atomic E-state index is 11.5. The molecule has 134 valence electrons. The standard InChI is InChI=1S/C16H16Cl2N2O4S/c1-8-10(7-21)15(20(3)19-8)25-14-6-13(11(17)5-12(14)18)24-9(2)16(22)23-4/h5-7,9H,1-4H3/t9-/m1/s1. The van der Waals surface area contributed by atoms with Gasteiger partial charge >= 0.3 is 5.97 Å². The number of aldehydes is 1. The molecule has 9 heteroatoms. The fourth-order valence-electron chi connectivity index (χ4n) is 2.10. The second kappa shape index (κ2) is 8.12. The molecular weight excluding hydrogens is 387 g/mol. The molecule has 0 saturated carbocycles. The van der Waals surface area contributed by atoms with Crippen LogP contribution in [0, 0.1) is 6.92 Å². The minimum absolute atomic E-state index is 0.266. The predicted octanol–water partition coefficient (Wildman–Crippen LogP) is 3.94. The summed E-state index contributed by atoms with van der Waals surface area (Å²) >= 11 is 13.7. The van der Waals surface area contributed by atoms with Crippen LogP contribution in [0.3, 0.4) is 0 Å². The van der Waals surface area contributed by atoms with Crippen molar-refractivity contribution in [2.24, 2.45) is 7.05 Å². The second-order valence-corrected chi connectivity index (χ2v) is 6.99. The van der Waals surface area contributed by atoms with Crippen LogP contribution in [0.4, 0.5) is 0 Å². The molecule has 0 saturated heterocycles. The third-order valence-corrected chi connectivity index (χ3v) is 5.32. The van der Waals surface area contributed by atoms with Crippen molar-refractivity contribution in [2.45, 2.75) is 29.9 Å². The molecule has 2 rings (SSSR count). The number of nitrogens with zero attached hydrogens (tertiary/aromatic N) is 2. The number of aryl methyl sites for hydroxylation is 2. The number of rotatable bonds is 6. The average molecular weight is 403 g/mol. The van der Waals surface area contributed by atoms with E-state index in [1.165, 1.54) is 24.9 Å². The van der Waals surface area contributed by atoms with Gasteiger partial charge in [-0.1, -0.05) is 35.0 Å². The highest BCUT2D eigenvalue weighted by molar-refractivity contribution is 7.99. The number of hydrogen-bond acceptors (Lipinski definition) is 6. The van der Waals surface area contributed by atoms with Gasteiger partial charge in [0, 0.05) is 11.9 Å². The molecule has 0 N–H and O–H groups in total. The number of carbonyl (C=O) groups is 2. The summed E-state index contributed by atoms with van der Waals surface area (Å²) in [6.45, 7) is 3.31. The molecular formula is C16H16Cl2N2O4S. The van der Waals surface area contributed by atoms with Crippen molar-refractivity contribution in [2.75, 3.05) is 7.11 Å². The molecule has 0 radical (unpaired) electrons. The van der Waals surface area contributed by atoms with Crippen LogP contribution in [0.25, 0.3) is 0 Å². The van der Waals surface area contributed by atoms with Crippen molar-refractivity contribution in [3.05, 3.63) is 33.4 Å². The summed E-state index contributed by atoms with van der Waals surface area (Å²) < 4.78 is 11.8. The third kappa shape index (κ3) is 4.29. The number of methoxy groups -OCH3 is 1. The number of benzene rings is 1. The number of halogens is 2. The highest BCUT2D eigenvalue weighted by Crippen LogP contribution is 2.40. The molecule has 0 aliphatic rings. The van der Waals surface area contributed by atoms with Crippen LogP contribution in [-0.4, -0.2) is 35.2 Å². The molecule has 0 fully saturated rings. The first-order valence-corrected chi connectivity index (χ1v) is 8.75. The van der Waals surface area contributed by atoms with E-state index >= 15 is 0 Å². The topological polar surface area (TPSA) is 70.4 Å². The van der Waals surface area contributed by atoms with E-state index in [2.05, 4.69) is 9.84 Å². The zero-order chi connectivity index (χ0) is 18.7. The van der Waals surface area contributed by atoms with Crippen LogP contribution < -0.4 is 4.74 Å². The molecule has 25 heavy (non-hydrogen) atoms. The Labute approximate surface area is 159 Å². The minimum atomic E-state index is -0.828. The SMILES string of the molecule is COC(=O)[C@@H](C)Oc1cc(Sc2c(C=O)c(C)nn2C)c(Cl)cc1Cl. The van der Waals surface area contributed by atoms with Crippen LogP contribution in [0.15, 0.2) is 22.1 Å². The van der Waals surface area contributed by atoms with Gasteiger partial charge in [0.2, 0.25) is 0 Å². The van der Waals surface area contributed by atoms with E-state index in [0.717, 1.165) is 6.29 Å². The van der Waals surface area contributed by atoms with Crippen LogP contribution in [0.1, 0.15) is 23.0 Å². The highest BCUT2D eigenvalue weighted by Gasteiger charge is 2.20. The Balaban J connectivity index is 2.38. The van der Waals surface area contributed by atoms with Gasteiger partial charge in [0.05, 0.1) is 28.4 Å². The summed E-state index contributed by atoms with van der Waals surface area (Å²) in [5.74, 6) is -0.233. The molecule has 0 bridgehead atoms. The normalized spacial score (nSPS) is 11.9. The molecule has 0 amide bonds. The Hall–Kier alpha value is -1.70. The van der Waals surface area contributed by atoms with Crippen molar-refractivity contribution in [1.29, 1.82) is 0 Å². The zero-order valence-corrected chi connectivity index (χ0v) is 16.3. The summed E-state index contributed by atoms with van der Waals surface area (Å²) in [5, 5.41) is 5.53. The van der Waals surface area contributed by atoms with Crippen molar-refractivity contribution in [1.82, 2.24) is 9.78 Å². The molecule has 1 aromatic carbocycles. The van der Waals surface area contributed by atoms with E-state index in [1.807, 2.05) is 0 Å². The Morgan fingerprint density at radius 2 is 2.04 bits per heavy atom. The molecule has 2 aromatic rings. The van der Waals surface area contributed by atoms with E-state index in [9.17, 15) is 9.59 Å². The van der Waals surface area contributed by atoms with E-state index in [0.29, 0.717) is 26.2 Å². The molecule has 0 aliphatic heterocycles. The molecule has 0 unspecified atom stereocenters. The Morgan fingerprint density at radius 3 is 2.64 bits per heavy atom. The van der Waals surface area contributed by atoms with Gasteiger partial charge in [-0.3, -0.25) is 9.48 Å². The molecule has 0 spiro atoms. The Bertz CT molecular complexity index is 823. The van der Waals surface area contributed by atoms with E-state index < -0.39 is 12.1 Å². The monoisotopic (exact) mass is 402 g/mol. The number of aromatic nitrogens is 2. The highest BCUT2D eigenvalue weighted by atomic mass is 35.5. The number of esters is 1. The van der Waals surface area contributed by atoms with E-state index in [1.54, 1.807) is 31.6 Å². The van der Waals surface area contributed by atoms with Gasteiger partial charge in [-0.15, -0.1) is 0 Å². The maximum absolute atomic E-state index is 11.5. The summed E-state index contributed by atoms with van der Waals surface area (Å²) in [5.41, 5.74) is 1.12. The fourth-order valence-corrected chi connectivity index (χ4v) is 3.65. The van der Waals surface area contributed by atoms with Crippen LogP contribution >= 0.6 is 35.0 Å². The average Bonchev–Trinajstić information content (AvgIpc) is 2.83. The van der Waals surface area contributed by atoms with Crippen LogP contribution in [-0.2, 0) is 16.6 Å². The van der Waals surface area contributed by atoms with E-state index in [4.69, 9.17) is 27.9 Å². The van der Waals surface area contributed by atoms with Crippen molar-refractivity contribution in [3.63, 3.8) is 0 Å². The summed E-state index contributed by atoms with van der Waals surface area (Å²) in [6.07, 6.45) is -0.0726. The van der Waals surface area contributed by atoms with Crippen LogP contribution in [0.5, 0.6) is 5.75 Å². The molecule has 0 aliphatic carbocycles. The smallest absolute Gasteiger partial charge is 0.346 e. The summed E-state index contributed by atoms with van der Waals surface area (Å²) in [4.78, 5) is 23.5. The van der Waals surface area contributed by atoms with Crippen molar-refractivity contribution in [3.8, 4) is 5.75 Å². The Morgan fingerprint density at radius 1 is 1.36 bits per heavy atom. The quantitative estimate of drug-likeness (QED) is 0.538. The maximum Gasteiger partial charge on any atom is 0.346 e. The van der Waals surface area contributed by atoms with Gasteiger partial charge in [0.15, 0.2) is 12.4 Å². The molecule has 1 aromatic heterocycles. The van der Waals surface area contributed by atoms with Gasteiger partial charge in [-0.25, -0.2) is 4.79 Å². The number of carbonyl (C=O) groups excluding carboxylic acids is 2. The lowest BCUT2D eigenvalue weighted by molar-refractivity contribution is -0.147. The molecule has 1 atom stereocenters. The lowest BCUT2D eigenvalue weighted by Gasteiger charge is -2.15. The van der Waals surface area contributed by atoms with Gasteiger partial charge < -0.3 is 9.47 Å². The Kier molecular flexibility index (Phi) is 6.37. The van der Waals surface area contributed by atoms with Gasteiger partial charge in [-0.2, -0.15) is 5.10 Å². The number of hydrogen-bond donors (Lipinski definition) is 0. The molecule has 6 nitrogen and oxygen atoms in total. The minimum Gasteiger partial charge on any atom is -0.477 e. The predicted molar refractivity (Wildman–Crippen MR) is 96.0 cm³/mol. The largest absolute Gasteiger partial charge is 0.477 e. The first-order valence-electron chi connectivity index (χ1n) is 7.18. The van der Waals surface area contributed by atoms with Crippen LogP contribution in [0.2, 0.25) is 10.0 Å². The van der Waals surface area contributed by atoms with Crippen molar-refractivity contribution < 1.29 is 19.1 Å². The number of ether oxygens (including phenoxy) is 2.